The first-order chi connectivity index (χ1) is 31.1. The number of benzene rings is 4. The highest BCUT2D eigenvalue weighted by molar-refractivity contribution is 6.23. The van der Waals surface area contributed by atoms with E-state index in [4.69, 9.17) is 23.8 Å². The van der Waals surface area contributed by atoms with E-state index in [0.29, 0.717) is 35.3 Å². The molecule has 2 N–H and O–H groups in total. The molecule has 3 aliphatic heterocycles. The first-order valence-electron chi connectivity index (χ1n) is 21.7. The standard InChI is InChI=1S/C50H53N3O11/c1-51(61-3)45(55)40-42-46(56)64-43(35-16-10-7-11-17-35)41(34-14-8-6-9-15-34)53(42)44(36-19-21-37(22-20-36)62-29-28-54)50(40)38-32-33(24-27-49(59)25-12-4-5-13-26-49)18-23-39(38)52(47(50)57)48(58)63-31-30-60-2/h6-11,14-23,32,40-44,54,59H,4-5,12-13,25-26,28-31H2,1-3H3/t40-,41?,42-,43?,44+,50-/m1/s1. The van der Waals surface area contributed by atoms with Crippen LogP contribution in [0.2, 0.25) is 0 Å². The van der Waals surface area contributed by atoms with Crippen LogP contribution in [0.3, 0.4) is 0 Å². The maximum absolute atomic E-state index is 16.2. The zero-order valence-electron chi connectivity index (χ0n) is 36.2. The van der Waals surface area contributed by atoms with E-state index >= 15 is 14.4 Å². The number of hydroxylamine groups is 2. The van der Waals surface area contributed by atoms with Crippen molar-refractivity contribution in [3.05, 3.63) is 131 Å². The summed E-state index contributed by atoms with van der Waals surface area (Å²) in [5.74, 6) is 2.90. The van der Waals surface area contributed by atoms with Gasteiger partial charge >= 0.3 is 12.1 Å². The first-order valence-corrected chi connectivity index (χ1v) is 21.7. The summed E-state index contributed by atoms with van der Waals surface area (Å²) in [4.78, 5) is 69.5. The number of carbonyl (C=O) groups excluding carboxylic acids is 4. The van der Waals surface area contributed by atoms with Crippen LogP contribution in [0, 0.1) is 17.8 Å². The number of aliphatic hydroxyl groups is 2. The highest BCUT2D eigenvalue weighted by Crippen LogP contribution is 2.66. The Balaban J connectivity index is 1.44. The molecule has 3 fully saturated rings. The maximum Gasteiger partial charge on any atom is 0.421 e. The molecule has 0 radical (unpaired) electrons. The number of fused-ring (bicyclic) bond motifs is 3. The minimum absolute atomic E-state index is 0.0342. The molecule has 4 aromatic rings. The Bertz CT molecular complexity index is 2390. The number of ether oxygens (including phenoxy) is 4. The van der Waals surface area contributed by atoms with Crippen molar-refractivity contribution < 1.29 is 53.2 Å². The molecule has 0 bridgehead atoms. The number of amides is 3. The predicted molar refractivity (Wildman–Crippen MR) is 233 cm³/mol. The summed E-state index contributed by atoms with van der Waals surface area (Å²) in [6, 6.07) is 27.3. The van der Waals surface area contributed by atoms with E-state index in [9.17, 15) is 15.0 Å². The van der Waals surface area contributed by atoms with Gasteiger partial charge in [-0.25, -0.2) is 14.8 Å². The molecular weight excluding hydrogens is 819 g/mol. The number of anilines is 1. The number of imide groups is 1. The van der Waals surface area contributed by atoms with Crippen molar-refractivity contribution in [2.45, 2.75) is 73.8 Å². The summed E-state index contributed by atoms with van der Waals surface area (Å²) in [6.45, 7) is -0.303. The van der Waals surface area contributed by atoms with Crippen LogP contribution in [0.1, 0.15) is 84.5 Å². The third-order valence-corrected chi connectivity index (χ3v) is 12.9. The van der Waals surface area contributed by atoms with Crippen molar-refractivity contribution in [1.29, 1.82) is 0 Å². The van der Waals surface area contributed by atoms with Crippen molar-refractivity contribution in [2.75, 3.05) is 52.6 Å². The Kier molecular flexibility index (Phi) is 13.2. The minimum Gasteiger partial charge on any atom is -0.491 e. The predicted octanol–water partition coefficient (Wildman–Crippen LogP) is 5.96. The van der Waals surface area contributed by atoms with Gasteiger partial charge in [-0.3, -0.25) is 24.1 Å². The van der Waals surface area contributed by atoms with Crippen LogP contribution in [0.25, 0.3) is 0 Å². The topological polar surface area (TPSA) is 165 Å². The van der Waals surface area contributed by atoms with E-state index < -0.39 is 65.0 Å². The Morgan fingerprint density at radius 1 is 0.828 bits per heavy atom. The molecule has 1 spiro atoms. The van der Waals surface area contributed by atoms with Gasteiger partial charge in [0, 0.05) is 19.7 Å². The lowest BCUT2D eigenvalue weighted by Crippen LogP contribution is -2.56. The van der Waals surface area contributed by atoms with Crippen molar-refractivity contribution >= 4 is 29.6 Å². The minimum atomic E-state index is -2.06. The van der Waals surface area contributed by atoms with Crippen LogP contribution in [-0.2, 0) is 38.8 Å². The normalized spacial score (nSPS) is 24.8. The molecule has 14 nitrogen and oxygen atoms in total. The zero-order chi connectivity index (χ0) is 45.0. The number of esters is 1. The number of hydrogen-bond acceptors (Lipinski definition) is 12. The molecule has 14 heteroatoms. The van der Waals surface area contributed by atoms with Gasteiger partial charge in [0.1, 0.15) is 42.1 Å². The molecule has 1 saturated carbocycles. The molecule has 8 rings (SSSR count). The molecule has 2 unspecified atom stereocenters. The molecule has 2 saturated heterocycles. The van der Waals surface area contributed by atoms with Crippen LogP contribution >= 0.6 is 0 Å². The van der Waals surface area contributed by atoms with E-state index in [1.165, 1.54) is 21.3 Å². The van der Waals surface area contributed by atoms with E-state index in [1.807, 2.05) is 65.6 Å². The summed E-state index contributed by atoms with van der Waals surface area (Å²) in [7, 11) is 4.18. The molecule has 64 heavy (non-hydrogen) atoms. The summed E-state index contributed by atoms with van der Waals surface area (Å²) in [5.41, 5.74) is -0.546. The van der Waals surface area contributed by atoms with E-state index in [-0.39, 0.29) is 37.7 Å². The lowest BCUT2D eigenvalue weighted by molar-refractivity contribution is -0.187. The van der Waals surface area contributed by atoms with Gasteiger partial charge in [0.05, 0.1) is 44.0 Å². The number of methoxy groups -OCH3 is 1. The number of aliphatic hydroxyl groups excluding tert-OH is 1. The van der Waals surface area contributed by atoms with E-state index in [2.05, 4.69) is 11.8 Å². The third-order valence-electron chi connectivity index (χ3n) is 12.9. The van der Waals surface area contributed by atoms with Crippen molar-refractivity contribution in [1.82, 2.24) is 9.96 Å². The van der Waals surface area contributed by atoms with Crippen LogP contribution in [-0.4, -0.2) is 103 Å². The fourth-order valence-electron chi connectivity index (χ4n) is 10.0. The molecule has 4 aliphatic rings. The van der Waals surface area contributed by atoms with Crippen LogP contribution in [0.5, 0.6) is 5.75 Å². The molecule has 6 atom stereocenters. The zero-order valence-corrected chi connectivity index (χ0v) is 36.2. The van der Waals surface area contributed by atoms with E-state index in [1.54, 1.807) is 42.5 Å². The van der Waals surface area contributed by atoms with E-state index in [0.717, 1.165) is 41.2 Å². The van der Waals surface area contributed by atoms with Gasteiger partial charge < -0.3 is 29.2 Å². The summed E-state index contributed by atoms with van der Waals surface area (Å²) < 4.78 is 23.1. The van der Waals surface area contributed by atoms with Gasteiger partial charge in [-0.15, -0.1) is 0 Å². The Labute approximate surface area is 372 Å². The third kappa shape index (κ3) is 8.03. The number of morpholine rings is 1. The number of rotatable bonds is 11. The molecule has 3 heterocycles. The Morgan fingerprint density at radius 3 is 2.14 bits per heavy atom. The fourth-order valence-corrected chi connectivity index (χ4v) is 10.0. The van der Waals surface area contributed by atoms with Gasteiger partial charge in [-0.1, -0.05) is 97.5 Å². The molecule has 0 aromatic heterocycles. The highest BCUT2D eigenvalue weighted by atomic mass is 16.7. The second kappa shape index (κ2) is 18.9. The number of cyclic esters (lactones) is 1. The molecule has 3 amide bonds. The van der Waals surface area contributed by atoms with Crippen LogP contribution < -0.4 is 9.64 Å². The van der Waals surface area contributed by atoms with Gasteiger partial charge in [0.15, 0.2) is 0 Å². The smallest absolute Gasteiger partial charge is 0.421 e. The van der Waals surface area contributed by atoms with Crippen LogP contribution in [0.15, 0.2) is 103 Å². The summed E-state index contributed by atoms with van der Waals surface area (Å²) in [5, 5.41) is 22.1. The molecule has 4 aromatic carbocycles. The Morgan fingerprint density at radius 2 is 1.50 bits per heavy atom. The fraction of sp³-hybridized carbons (Fsp3) is 0.400. The van der Waals surface area contributed by atoms with Crippen LogP contribution in [0.4, 0.5) is 10.5 Å². The number of carbonyl (C=O) groups is 4. The average Bonchev–Trinajstić information content (AvgIpc) is 3.65. The number of nitrogens with zero attached hydrogens (tertiary/aromatic N) is 3. The van der Waals surface area contributed by atoms with Crippen molar-refractivity contribution in [2.24, 2.45) is 5.92 Å². The van der Waals surface area contributed by atoms with Crippen molar-refractivity contribution in [3.8, 4) is 17.6 Å². The largest absolute Gasteiger partial charge is 0.491 e. The lowest BCUT2D eigenvalue weighted by Gasteiger charge is -2.46. The molecule has 334 valence electrons. The summed E-state index contributed by atoms with van der Waals surface area (Å²) in [6.07, 6.45) is 2.76. The number of hydrogen-bond donors (Lipinski definition) is 2. The SMILES string of the molecule is COCCOC(=O)N1C(=O)[C@@]2(c3cc(C#CC4(O)CCCCCC4)ccc31)[C@H](c1ccc(OCCO)cc1)N1C(c3ccccc3)C(c3ccccc3)OC(=O)[C@H]1[C@@H]2C(=O)N(C)OC. The Hall–Kier alpha value is -6.08. The lowest BCUT2D eigenvalue weighted by atomic mass is 9.65. The monoisotopic (exact) mass is 871 g/mol. The average molecular weight is 872 g/mol. The first kappa shape index (κ1) is 44.5. The molecule has 1 aliphatic carbocycles. The van der Waals surface area contributed by atoms with Gasteiger partial charge in [-0.05, 0) is 78.3 Å². The molecular formula is C50H53N3O11. The van der Waals surface area contributed by atoms with Crippen molar-refractivity contribution in [3.63, 3.8) is 0 Å². The highest BCUT2D eigenvalue weighted by Gasteiger charge is 2.76. The van der Waals surface area contributed by atoms with Gasteiger partial charge in [0.2, 0.25) is 5.91 Å². The van der Waals surface area contributed by atoms with Gasteiger partial charge in [-0.2, -0.15) is 0 Å². The second-order valence-corrected chi connectivity index (χ2v) is 16.6. The quantitative estimate of drug-likeness (QED) is 0.0599. The van der Waals surface area contributed by atoms with Gasteiger partial charge in [0.25, 0.3) is 5.91 Å². The summed E-state index contributed by atoms with van der Waals surface area (Å²) >= 11 is 0. The maximum atomic E-state index is 16.2. The second-order valence-electron chi connectivity index (χ2n) is 16.6.